The predicted octanol–water partition coefficient (Wildman–Crippen LogP) is 4.87. The maximum Gasteiger partial charge on any atom is 0.231 e. The summed E-state index contributed by atoms with van der Waals surface area (Å²) in [5.41, 5.74) is 4.01. The topological polar surface area (TPSA) is 75.6 Å². The molecule has 0 aliphatic heterocycles. The molecule has 0 radical (unpaired) electrons. The fourth-order valence-corrected chi connectivity index (χ4v) is 2.65. The maximum absolute atomic E-state index is 5.95. The first-order valence-electron chi connectivity index (χ1n) is 8.02. The maximum atomic E-state index is 5.95. The van der Waals surface area contributed by atoms with Gasteiger partial charge in [0, 0.05) is 28.8 Å². The van der Waals surface area contributed by atoms with Crippen molar-refractivity contribution in [3.8, 4) is 0 Å². The normalized spacial score (nSPS) is 10.7. The van der Waals surface area contributed by atoms with Gasteiger partial charge in [-0.1, -0.05) is 23.7 Å². The van der Waals surface area contributed by atoms with Crippen molar-refractivity contribution in [3.05, 3.63) is 71.5 Å². The van der Waals surface area contributed by atoms with Crippen LogP contribution in [0.3, 0.4) is 0 Å². The molecule has 0 aliphatic carbocycles. The van der Waals surface area contributed by atoms with Crippen LogP contribution in [0.15, 0.2) is 60.9 Å². The summed E-state index contributed by atoms with van der Waals surface area (Å²) in [5, 5.41) is 7.15. The van der Waals surface area contributed by atoms with E-state index >= 15 is 0 Å². The van der Waals surface area contributed by atoms with Crippen LogP contribution in [0.1, 0.15) is 5.56 Å². The highest BCUT2D eigenvalue weighted by molar-refractivity contribution is 6.30. The largest absolute Gasteiger partial charge is 0.338 e. The Balaban J connectivity index is 1.74. The van der Waals surface area contributed by atoms with E-state index in [1.165, 1.54) is 0 Å². The van der Waals surface area contributed by atoms with Gasteiger partial charge in [0.2, 0.25) is 5.95 Å². The second-order valence-electron chi connectivity index (χ2n) is 5.75. The van der Waals surface area contributed by atoms with Gasteiger partial charge in [-0.05, 0) is 48.9 Å². The van der Waals surface area contributed by atoms with Gasteiger partial charge in [-0.15, -0.1) is 0 Å². The minimum absolute atomic E-state index is 0.445. The predicted molar refractivity (Wildman–Crippen MR) is 104 cm³/mol. The zero-order valence-corrected chi connectivity index (χ0v) is 14.7. The van der Waals surface area contributed by atoms with Crippen molar-refractivity contribution in [1.29, 1.82) is 0 Å². The lowest BCUT2D eigenvalue weighted by Crippen LogP contribution is -2.04. The van der Waals surface area contributed by atoms with E-state index in [2.05, 4.69) is 30.6 Å². The average Bonchev–Trinajstić information content (AvgIpc) is 2.64. The van der Waals surface area contributed by atoms with Crippen LogP contribution in [0, 0.1) is 6.92 Å². The lowest BCUT2D eigenvalue weighted by atomic mass is 10.2. The van der Waals surface area contributed by atoms with Crippen LogP contribution < -0.4 is 10.6 Å². The number of benzene rings is 2. The van der Waals surface area contributed by atoms with Gasteiger partial charge in [0.25, 0.3) is 0 Å². The molecule has 0 amide bonds. The molecule has 6 nitrogen and oxygen atoms in total. The number of aromatic nitrogens is 4. The Morgan fingerprint density at radius 3 is 2.46 bits per heavy atom. The number of hydrogen-bond donors (Lipinski definition) is 2. The number of aryl methyl sites for hydroxylation is 1. The summed E-state index contributed by atoms with van der Waals surface area (Å²) in [6.07, 6.45) is 3.23. The molecule has 0 aliphatic rings. The van der Waals surface area contributed by atoms with Crippen LogP contribution in [0.2, 0.25) is 5.02 Å². The monoisotopic (exact) mass is 362 g/mol. The molecule has 0 bridgehead atoms. The molecular weight excluding hydrogens is 348 g/mol. The first kappa shape index (κ1) is 16.2. The van der Waals surface area contributed by atoms with Gasteiger partial charge in [0.1, 0.15) is 0 Å². The van der Waals surface area contributed by atoms with Crippen molar-refractivity contribution < 1.29 is 0 Å². The van der Waals surface area contributed by atoms with Crippen LogP contribution in [-0.4, -0.2) is 19.9 Å². The molecule has 0 spiro atoms. The molecule has 128 valence electrons. The molecule has 0 saturated carbocycles. The molecule has 0 fully saturated rings. The molecule has 2 N–H and O–H groups in total. The van der Waals surface area contributed by atoms with Gasteiger partial charge in [0.15, 0.2) is 17.0 Å². The summed E-state index contributed by atoms with van der Waals surface area (Å²) in [6.45, 7) is 2.03. The Kier molecular flexibility index (Phi) is 4.33. The average molecular weight is 363 g/mol. The van der Waals surface area contributed by atoms with E-state index in [-0.39, 0.29) is 0 Å². The first-order chi connectivity index (χ1) is 12.7. The summed E-state index contributed by atoms with van der Waals surface area (Å²) in [4.78, 5) is 17.7. The van der Waals surface area contributed by atoms with Crippen molar-refractivity contribution in [1.82, 2.24) is 19.9 Å². The molecule has 0 unspecified atom stereocenters. The van der Waals surface area contributed by atoms with Crippen LogP contribution in [-0.2, 0) is 0 Å². The highest BCUT2D eigenvalue weighted by Crippen LogP contribution is 2.24. The summed E-state index contributed by atoms with van der Waals surface area (Å²) in [5.74, 6) is 1.01. The third-order valence-corrected chi connectivity index (χ3v) is 3.97. The highest BCUT2D eigenvalue weighted by Gasteiger charge is 2.10. The summed E-state index contributed by atoms with van der Waals surface area (Å²) >= 11 is 5.95. The number of hydrogen-bond acceptors (Lipinski definition) is 6. The minimum atomic E-state index is 0.445. The minimum Gasteiger partial charge on any atom is -0.338 e. The van der Waals surface area contributed by atoms with Crippen LogP contribution in [0.4, 0.5) is 23.1 Å². The molecule has 7 heteroatoms. The Morgan fingerprint density at radius 2 is 1.65 bits per heavy atom. The molecule has 2 aromatic carbocycles. The zero-order chi connectivity index (χ0) is 17.9. The van der Waals surface area contributed by atoms with Crippen LogP contribution in [0.5, 0.6) is 0 Å². The number of rotatable bonds is 4. The fraction of sp³-hybridized carbons (Fsp3) is 0.0526. The Labute approximate surface area is 155 Å². The van der Waals surface area contributed by atoms with Crippen molar-refractivity contribution in [2.75, 3.05) is 10.6 Å². The third-order valence-electron chi connectivity index (χ3n) is 3.71. The molecular formula is C19H15ClN6. The quantitative estimate of drug-likeness (QED) is 0.539. The van der Waals surface area contributed by atoms with E-state index in [1.807, 2.05) is 55.5 Å². The van der Waals surface area contributed by atoms with Crippen molar-refractivity contribution in [2.24, 2.45) is 0 Å². The van der Waals surface area contributed by atoms with Gasteiger partial charge in [0.05, 0.1) is 0 Å². The molecule has 0 atom stereocenters. The van der Waals surface area contributed by atoms with E-state index in [1.54, 1.807) is 12.4 Å². The highest BCUT2D eigenvalue weighted by atomic mass is 35.5. The van der Waals surface area contributed by atoms with E-state index in [9.17, 15) is 0 Å². The number of fused-ring (bicyclic) bond motifs is 1. The number of nitrogens with zero attached hydrogens (tertiary/aromatic N) is 4. The third kappa shape index (κ3) is 3.55. The lowest BCUT2D eigenvalue weighted by Gasteiger charge is -2.11. The number of nitrogens with one attached hydrogen (secondary N) is 2. The van der Waals surface area contributed by atoms with Gasteiger partial charge in [-0.3, -0.25) is 0 Å². The molecule has 4 aromatic rings. The summed E-state index contributed by atoms with van der Waals surface area (Å²) in [7, 11) is 0. The van der Waals surface area contributed by atoms with Crippen LogP contribution >= 0.6 is 11.6 Å². The Morgan fingerprint density at radius 1 is 0.846 bits per heavy atom. The van der Waals surface area contributed by atoms with Crippen molar-refractivity contribution in [3.63, 3.8) is 0 Å². The molecule has 4 rings (SSSR count). The standard InChI is InChI=1S/C19H15ClN6/c1-12-3-2-4-15(11-12)24-19-25-17-16(21-9-10-22-17)18(26-19)23-14-7-5-13(20)6-8-14/h2-11H,1H3,(H2,22,23,24,25,26). The van der Waals surface area contributed by atoms with Crippen molar-refractivity contribution >= 4 is 45.9 Å². The van der Waals surface area contributed by atoms with Gasteiger partial charge < -0.3 is 10.6 Å². The Hall–Kier alpha value is -3.25. The first-order valence-corrected chi connectivity index (χ1v) is 8.40. The second-order valence-corrected chi connectivity index (χ2v) is 6.19. The van der Waals surface area contributed by atoms with Crippen LogP contribution in [0.25, 0.3) is 11.2 Å². The van der Waals surface area contributed by atoms with E-state index in [0.717, 1.165) is 16.9 Å². The van der Waals surface area contributed by atoms with Gasteiger partial charge >= 0.3 is 0 Å². The summed E-state index contributed by atoms with van der Waals surface area (Å²) < 4.78 is 0. The molecule has 0 saturated heterocycles. The fourth-order valence-electron chi connectivity index (χ4n) is 2.53. The smallest absolute Gasteiger partial charge is 0.231 e. The molecule has 26 heavy (non-hydrogen) atoms. The second kappa shape index (κ2) is 6.93. The Bertz CT molecular complexity index is 1070. The zero-order valence-electron chi connectivity index (χ0n) is 13.9. The number of anilines is 4. The molecule has 2 aromatic heterocycles. The van der Waals surface area contributed by atoms with E-state index < -0.39 is 0 Å². The summed E-state index contributed by atoms with van der Waals surface area (Å²) in [6, 6.07) is 15.4. The SMILES string of the molecule is Cc1cccc(Nc2nc(Nc3ccc(Cl)cc3)c3nccnc3n2)c1. The number of halogens is 1. The lowest BCUT2D eigenvalue weighted by molar-refractivity contribution is 1.15. The van der Waals surface area contributed by atoms with E-state index in [0.29, 0.717) is 28.0 Å². The van der Waals surface area contributed by atoms with Gasteiger partial charge in [-0.25, -0.2) is 9.97 Å². The molecule has 2 heterocycles. The van der Waals surface area contributed by atoms with E-state index in [4.69, 9.17) is 11.6 Å². The van der Waals surface area contributed by atoms with Crippen molar-refractivity contribution in [2.45, 2.75) is 6.92 Å². The van der Waals surface area contributed by atoms with Gasteiger partial charge in [-0.2, -0.15) is 9.97 Å².